The first-order chi connectivity index (χ1) is 15.0. The highest BCUT2D eigenvalue weighted by molar-refractivity contribution is 7.50. The highest BCUT2D eigenvalue weighted by Gasteiger charge is 2.45. The van der Waals surface area contributed by atoms with Gasteiger partial charge in [0.05, 0.1) is 12.9 Å². The average molecular weight is 476 g/mol. The molecule has 0 radical (unpaired) electrons. The normalized spacial score (nSPS) is 26.1. The number of aliphatic hydroxyl groups is 2. The van der Waals surface area contributed by atoms with Crippen molar-refractivity contribution in [1.29, 1.82) is 0 Å². The lowest BCUT2D eigenvalue weighted by Gasteiger charge is -2.21. The molecule has 1 fully saturated rings. The molecule has 0 saturated carbocycles. The Bertz CT molecular complexity index is 1050. The number of aliphatic hydroxyl groups excluding tert-OH is 2. The number of carboxylic acid groups (broad SMARTS) is 2. The molecule has 8 N–H and O–H groups in total. The summed E-state index contributed by atoms with van der Waals surface area (Å²) in [5.41, 5.74) is 6.17. The lowest BCUT2D eigenvalue weighted by molar-refractivity contribution is -0.140. The van der Waals surface area contributed by atoms with Gasteiger partial charge < -0.3 is 35.8 Å². The van der Waals surface area contributed by atoms with Crippen LogP contribution in [0.25, 0.3) is 11.2 Å². The van der Waals surface area contributed by atoms with Crippen LogP contribution < -0.4 is 10.8 Å². The second-order valence-electron chi connectivity index (χ2n) is 6.90. The summed E-state index contributed by atoms with van der Waals surface area (Å²) in [6, 6.07) is -1.67. The first-order valence-electron chi connectivity index (χ1n) is 9.14. The molecule has 0 amide bonds. The van der Waals surface area contributed by atoms with Gasteiger partial charge in [-0.2, -0.15) is 0 Å². The highest BCUT2D eigenvalue weighted by Crippen LogP contribution is 2.40. The molecule has 0 bridgehead atoms. The number of anilines is 1. The quantitative estimate of drug-likeness (QED) is 0.184. The summed E-state index contributed by atoms with van der Waals surface area (Å²) in [5.74, 6) is -2.75. The Morgan fingerprint density at radius 2 is 2.00 bits per heavy atom. The third kappa shape index (κ3) is 5.18. The Balaban J connectivity index is 1.66. The molecule has 1 saturated heterocycles. The van der Waals surface area contributed by atoms with Crippen molar-refractivity contribution >= 4 is 36.7 Å². The van der Waals surface area contributed by atoms with Crippen molar-refractivity contribution in [3.63, 3.8) is 0 Å². The molecule has 17 heteroatoms. The Labute approximate surface area is 179 Å². The minimum absolute atomic E-state index is 0.0878. The van der Waals surface area contributed by atoms with Crippen molar-refractivity contribution in [3.8, 4) is 0 Å². The van der Waals surface area contributed by atoms with Crippen molar-refractivity contribution in [1.82, 2.24) is 24.6 Å². The largest absolute Gasteiger partial charge is 0.481 e. The van der Waals surface area contributed by atoms with E-state index in [1.54, 1.807) is 0 Å². The zero-order valence-electron chi connectivity index (χ0n) is 16.3. The summed E-state index contributed by atoms with van der Waals surface area (Å²) in [6.07, 6.45) is -4.11. The van der Waals surface area contributed by atoms with Gasteiger partial charge in [-0.1, -0.05) is 0 Å². The SMILES string of the molecule is Nc1ncnc2c1ncn2[C@@H]1O[C@H](COP(=O)(O)N[C@@H](CCC(=O)O)C(=O)O)[C@@H](O)[C@H]1O. The van der Waals surface area contributed by atoms with Gasteiger partial charge in [0.2, 0.25) is 0 Å². The summed E-state index contributed by atoms with van der Waals surface area (Å²) >= 11 is 0. The number of nitrogens with zero attached hydrogens (tertiary/aromatic N) is 4. The van der Waals surface area contributed by atoms with Crippen molar-refractivity contribution in [2.45, 2.75) is 43.4 Å². The number of rotatable bonds is 10. The van der Waals surface area contributed by atoms with Gasteiger partial charge in [0.25, 0.3) is 0 Å². The van der Waals surface area contributed by atoms with Gasteiger partial charge >= 0.3 is 19.7 Å². The number of hydrogen-bond donors (Lipinski definition) is 7. The van der Waals surface area contributed by atoms with E-state index in [1.807, 2.05) is 5.09 Å². The van der Waals surface area contributed by atoms with Crippen LogP contribution in [0.4, 0.5) is 5.82 Å². The molecule has 176 valence electrons. The number of nitrogen functional groups attached to an aromatic ring is 1. The van der Waals surface area contributed by atoms with Crippen LogP contribution >= 0.6 is 7.75 Å². The first-order valence-corrected chi connectivity index (χ1v) is 10.7. The van der Waals surface area contributed by atoms with E-state index in [2.05, 4.69) is 15.0 Å². The van der Waals surface area contributed by atoms with Crippen LogP contribution in [0.3, 0.4) is 0 Å². The molecule has 0 spiro atoms. The molecule has 2 aromatic rings. The number of carboxylic acids is 2. The molecule has 3 rings (SSSR count). The molecule has 1 aliphatic rings. The van der Waals surface area contributed by atoms with Gasteiger partial charge in [-0.05, 0) is 6.42 Å². The van der Waals surface area contributed by atoms with Crippen LogP contribution in [0.5, 0.6) is 0 Å². The zero-order valence-corrected chi connectivity index (χ0v) is 17.1. The predicted octanol–water partition coefficient (Wildman–Crippen LogP) is -1.95. The van der Waals surface area contributed by atoms with E-state index in [9.17, 15) is 29.3 Å². The van der Waals surface area contributed by atoms with Crippen molar-refractivity contribution in [2.75, 3.05) is 12.3 Å². The Kier molecular flexibility index (Phi) is 7.04. The van der Waals surface area contributed by atoms with Crippen molar-refractivity contribution < 1.29 is 48.7 Å². The van der Waals surface area contributed by atoms with Gasteiger partial charge in [0.1, 0.15) is 36.2 Å². The van der Waals surface area contributed by atoms with Gasteiger partial charge in [-0.3, -0.25) is 18.7 Å². The summed E-state index contributed by atoms with van der Waals surface area (Å²) in [7, 11) is -4.74. The van der Waals surface area contributed by atoms with E-state index < -0.39 is 69.7 Å². The average Bonchev–Trinajstić information content (AvgIpc) is 3.26. The summed E-state index contributed by atoms with van der Waals surface area (Å²) in [4.78, 5) is 43.5. The van der Waals surface area contributed by atoms with E-state index in [1.165, 1.54) is 17.2 Å². The molecule has 6 atom stereocenters. The molecule has 0 aliphatic carbocycles. The van der Waals surface area contributed by atoms with Crippen LogP contribution in [-0.2, 0) is 23.4 Å². The Hall–Kier alpha value is -2.72. The van der Waals surface area contributed by atoms with E-state index >= 15 is 0 Å². The molecule has 0 aromatic carbocycles. The Morgan fingerprint density at radius 1 is 1.28 bits per heavy atom. The number of nitrogens with two attached hydrogens (primary N) is 1. The number of imidazole rings is 1. The monoisotopic (exact) mass is 476 g/mol. The summed E-state index contributed by atoms with van der Waals surface area (Å²) in [5, 5.41) is 40.2. The molecule has 1 aliphatic heterocycles. The van der Waals surface area contributed by atoms with Gasteiger partial charge in [0, 0.05) is 6.42 Å². The van der Waals surface area contributed by atoms with Crippen LogP contribution in [0.1, 0.15) is 19.1 Å². The van der Waals surface area contributed by atoms with Crippen LogP contribution in [0.15, 0.2) is 12.7 Å². The van der Waals surface area contributed by atoms with E-state index in [4.69, 9.17) is 25.2 Å². The minimum atomic E-state index is -4.74. The Morgan fingerprint density at radius 3 is 2.66 bits per heavy atom. The minimum Gasteiger partial charge on any atom is -0.481 e. The third-order valence-corrected chi connectivity index (χ3v) is 5.81. The maximum absolute atomic E-state index is 12.2. The fraction of sp³-hybridized carbons (Fsp3) is 0.533. The maximum atomic E-state index is 12.2. The lowest BCUT2D eigenvalue weighted by Crippen LogP contribution is -2.37. The van der Waals surface area contributed by atoms with E-state index in [0.717, 1.165) is 0 Å². The van der Waals surface area contributed by atoms with Gasteiger partial charge in [0.15, 0.2) is 17.7 Å². The predicted molar refractivity (Wildman–Crippen MR) is 103 cm³/mol. The number of aliphatic carboxylic acids is 2. The highest BCUT2D eigenvalue weighted by atomic mass is 31.2. The fourth-order valence-electron chi connectivity index (χ4n) is 3.07. The van der Waals surface area contributed by atoms with Crippen LogP contribution in [-0.4, -0.2) is 87.7 Å². The van der Waals surface area contributed by atoms with Gasteiger partial charge in [-0.15, -0.1) is 0 Å². The number of carbonyl (C=O) groups is 2. The van der Waals surface area contributed by atoms with E-state index in [-0.39, 0.29) is 17.0 Å². The fourth-order valence-corrected chi connectivity index (χ4v) is 4.13. The number of fused-ring (bicyclic) bond motifs is 1. The molecule has 2 aromatic heterocycles. The maximum Gasteiger partial charge on any atom is 0.403 e. The van der Waals surface area contributed by atoms with Gasteiger partial charge in [-0.25, -0.2) is 24.6 Å². The number of hydrogen-bond acceptors (Lipinski definition) is 11. The molecular weight excluding hydrogens is 455 g/mol. The van der Waals surface area contributed by atoms with Crippen molar-refractivity contribution in [3.05, 3.63) is 12.7 Å². The molecule has 32 heavy (non-hydrogen) atoms. The van der Waals surface area contributed by atoms with Crippen molar-refractivity contribution in [2.24, 2.45) is 0 Å². The summed E-state index contributed by atoms with van der Waals surface area (Å²) in [6.45, 7) is -0.704. The van der Waals surface area contributed by atoms with E-state index in [0.29, 0.717) is 0 Å². The smallest absolute Gasteiger partial charge is 0.403 e. The number of nitrogens with one attached hydrogen (secondary N) is 1. The standard InChI is InChI=1S/C15H21N6O10P/c16-12-9-13(18-4-17-12)21(5-19-9)14-11(25)10(24)7(31-14)3-30-32(28,29)20-6(15(26)27)1-2-8(22)23/h4-7,10-11,14,24-25H,1-3H2,(H,22,23)(H,26,27)(H2,16,17,18)(H2,20,28,29)/t6-,7+,10+,11+,14+/m0/s1. The number of aromatic nitrogens is 4. The molecule has 3 heterocycles. The number of ether oxygens (including phenoxy) is 1. The van der Waals surface area contributed by atoms with Crippen LogP contribution in [0, 0.1) is 0 Å². The zero-order chi connectivity index (χ0) is 23.6. The molecular formula is C15H21N6O10P. The molecule has 16 nitrogen and oxygen atoms in total. The first kappa shape index (κ1) is 23.9. The topological polar surface area (TPSA) is 252 Å². The van der Waals surface area contributed by atoms with Crippen LogP contribution in [0.2, 0.25) is 0 Å². The lowest BCUT2D eigenvalue weighted by atomic mass is 10.1. The second-order valence-corrected chi connectivity index (χ2v) is 8.45. The third-order valence-electron chi connectivity index (χ3n) is 4.68. The second kappa shape index (κ2) is 9.41. The molecule has 1 unspecified atom stereocenters. The summed E-state index contributed by atoms with van der Waals surface area (Å²) < 4.78 is 23.9.